The van der Waals surface area contributed by atoms with Crippen molar-refractivity contribution in [3.05, 3.63) is 69.7 Å². The molecule has 2 aromatic carbocycles. The van der Waals surface area contributed by atoms with E-state index in [9.17, 15) is 35.7 Å². The molecule has 1 atom stereocenters. The van der Waals surface area contributed by atoms with Crippen LogP contribution in [0, 0.1) is 6.92 Å². The van der Waals surface area contributed by atoms with Gasteiger partial charge < -0.3 is 35.7 Å². The maximum Gasteiger partial charge on any atom is 0.161 e. The number of phenolic OH excluding ortho intramolecular Hbond substituents is 4. The quantitative estimate of drug-likeness (QED) is 0.316. The lowest BCUT2D eigenvalue weighted by atomic mass is 9.92. The zero-order valence-electron chi connectivity index (χ0n) is 15.2. The third-order valence-corrected chi connectivity index (χ3v) is 4.77. The predicted octanol–water partition coefficient (Wildman–Crippen LogP) is 2.97. The van der Waals surface area contributed by atoms with Crippen LogP contribution in [0.5, 0.6) is 23.0 Å². The molecule has 1 aliphatic carbocycles. The molecular formula is C21H22O7. The Labute approximate surface area is 161 Å². The molecular weight excluding hydrogens is 364 g/mol. The van der Waals surface area contributed by atoms with Gasteiger partial charge in [0.25, 0.3) is 0 Å². The Balaban J connectivity index is 1.95. The number of aliphatic hydroxyl groups is 3. The number of allylic oxidation sites excluding steroid dienone is 2. The maximum absolute atomic E-state index is 10.7. The van der Waals surface area contributed by atoms with Crippen molar-refractivity contribution in [3.63, 3.8) is 0 Å². The number of aryl methyl sites for hydroxylation is 1. The first-order valence-corrected chi connectivity index (χ1v) is 8.70. The van der Waals surface area contributed by atoms with Gasteiger partial charge in [0.2, 0.25) is 0 Å². The first-order chi connectivity index (χ1) is 13.2. The van der Waals surface area contributed by atoms with Gasteiger partial charge in [0.05, 0.1) is 5.76 Å². The molecule has 0 fully saturated rings. The maximum atomic E-state index is 10.7. The summed E-state index contributed by atoms with van der Waals surface area (Å²) in [5, 5.41) is 69.2. The van der Waals surface area contributed by atoms with Gasteiger partial charge in [0.15, 0.2) is 11.5 Å². The van der Waals surface area contributed by atoms with Crippen LogP contribution in [0.15, 0.2) is 47.4 Å². The Morgan fingerprint density at radius 3 is 2.07 bits per heavy atom. The van der Waals surface area contributed by atoms with Gasteiger partial charge in [-0.15, -0.1) is 0 Å². The van der Waals surface area contributed by atoms with E-state index in [1.54, 1.807) is 12.1 Å². The van der Waals surface area contributed by atoms with E-state index >= 15 is 0 Å². The predicted molar refractivity (Wildman–Crippen MR) is 102 cm³/mol. The van der Waals surface area contributed by atoms with E-state index in [1.165, 1.54) is 12.1 Å². The van der Waals surface area contributed by atoms with E-state index in [2.05, 4.69) is 0 Å². The minimum absolute atomic E-state index is 0.0446. The van der Waals surface area contributed by atoms with Crippen LogP contribution in [-0.2, 0) is 12.8 Å². The first-order valence-electron chi connectivity index (χ1n) is 8.70. The average Bonchev–Trinajstić information content (AvgIpc) is 2.61. The largest absolute Gasteiger partial charge is 0.512 e. The Bertz CT molecular complexity index is 989. The molecule has 0 aliphatic heterocycles. The average molecular weight is 386 g/mol. The molecule has 3 rings (SSSR count). The van der Waals surface area contributed by atoms with E-state index in [4.69, 9.17) is 0 Å². The van der Waals surface area contributed by atoms with E-state index in [0.29, 0.717) is 22.3 Å². The summed E-state index contributed by atoms with van der Waals surface area (Å²) in [6.07, 6.45) is 0.281. The van der Waals surface area contributed by atoms with Crippen LogP contribution in [0.1, 0.15) is 28.7 Å². The number of rotatable bonds is 4. The molecule has 7 nitrogen and oxygen atoms in total. The Hall–Kier alpha value is -3.32. The Kier molecular flexibility index (Phi) is 5.11. The van der Waals surface area contributed by atoms with E-state index in [0.717, 1.165) is 11.6 Å². The summed E-state index contributed by atoms with van der Waals surface area (Å²) in [5.74, 6) is -1.39. The van der Waals surface area contributed by atoms with Crippen LogP contribution in [0.3, 0.4) is 0 Å². The molecule has 1 unspecified atom stereocenters. The molecule has 0 heterocycles. The van der Waals surface area contributed by atoms with Crippen molar-refractivity contribution < 1.29 is 35.7 Å². The van der Waals surface area contributed by atoms with Gasteiger partial charge in [-0.3, -0.25) is 0 Å². The summed E-state index contributed by atoms with van der Waals surface area (Å²) >= 11 is 0. The third kappa shape index (κ3) is 3.84. The van der Waals surface area contributed by atoms with Crippen molar-refractivity contribution in [1.29, 1.82) is 0 Å². The zero-order valence-corrected chi connectivity index (χ0v) is 15.2. The minimum atomic E-state index is -1.14. The standard InChI is InChI=1S/C21H22O7/c1-10-2-13(4-11-6-17(24)19(26)8-15(11)22)21(28)14(3-10)5-12-7-18(25)20(27)9-16(12)23/h2-3,6-8,20,22-28H,4-5,9H2,1H3. The molecule has 0 amide bonds. The van der Waals surface area contributed by atoms with Crippen molar-refractivity contribution in [2.24, 2.45) is 0 Å². The first kappa shape index (κ1) is 19.4. The summed E-state index contributed by atoms with van der Waals surface area (Å²) in [4.78, 5) is 0. The number of phenols is 4. The summed E-state index contributed by atoms with van der Waals surface area (Å²) < 4.78 is 0. The summed E-state index contributed by atoms with van der Waals surface area (Å²) in [6.45, 7) is 1.83. The van der Waals surface area contributed by atoms with Crippen LogP contribution in [0.2, 0.25) is 0 Å². The highest BCUT2D eigenvalue weighted by Crippen LogP contribution is 2.36. The van der Waals surface area contributed by atoms with Crippen LogP contribution >= 0.6 is 0 Å². The van der Waals surface area contributed by atoms with Crippen LogP contribution in [0.4, 0.5) is 0 Å². The fraction of sp³-hybridized carbons (Fsp3) is 0.238. The zero-order chi connectivity index (χ0) is 20.6. The van der Waals surface area contributed by atoms with Crippen molar-refractivity contribution >= 4 is 0 Å². The number of benzene rings is 2. The van der Waals surface area contributed by atoms with Crippen molar-refractivity contribution in [3.8, 4) is 23.0 Å². The molecule has 0 saturated carbocycles. The minimum Gasteiger partial charge on any atom is -0.512 e. The summed E-state index contributed by atoms with van der Waals surface area (Å²) in [6, 6.07) is 5.73. The van der Waals surface area contributed by atoms with E-state index in [1.807, 2.05) is 6.92 Å². The van der Waals surface area contributed by atoms with Gasteiger partial charge in [0, 0.05) is 30.9 Å². The second-order valence-electron chi connectivity index (χ2n) is 7.02. The van der Waals surface area contributed by atoms with Gasteiger partial charge in [-0.25, -0.2) is 0 Å². The Morgan fingerprint density at radius 1 is 0.786 bits per heavy atom. The molecule has 1 aliphatic rings. The smallest absolute Gasteiger partial charge is 0.161 e. The van der Waals surface area contributed by atoms with E-state index < -0.39 is 11.9 Å². The monoisotopic (exact) mass is 386 g/mol. The highest BCUT2D eigenvalue weighted by Gasteiger charge is 2.22. The number of aromatic hydroxyl groups is 4. The van der Waals surface area contributed by atoms with Crippen LogP contribution in [-0.4, -0.2) is 41.8 Å². The van der Waals surface area contributed by atoms with Gasteiger partial charge in [-0.05, 0) is 35.8 Å². The molecule has 0 saturated heterocycles. The molecule has 7 heteroatoms. The molecule has 0 radical (unpaired) electrons. The molecule has 28 heavy (non-hydrogen) atoms. The number of aliphatic hydroxyl groups excluding tert-OH is 3. The molecule has 148 valence electrons. The van der Waals surface area contributed by atoms with Crippen molar-refractivity contribution in [1.82, 2.24) is 0 Å². The molecule has 0 spiro atoms. The lowest BCUT2D eigenvalue weighted by Gasteiger charge is -2.19. The highest BCUT2D eigenvalue weighted by molar-refractivity contribution is 5.53. The summed E-state index contributed by atoms with van der Waals surface area (Å²) in [7, 11) is 0. The fourth-order valence-electron chi connectivity index (χ4n) is 3.29. The van der Waals surface area contributed by atoms with Crippen molar-refractivity contribution in [2.75, 3.05) is 0 Å². The lowest BCUT2D eigenvalue weighted by Crippen LogP contribution is -2.17. The topological polar surface area (TPSA) is 142 Å². The number of hydrogen-bond donors (Lipinski definition) is 7. The highest BCUT2D eigenvalue weighted by atomic mass is 16.3. The Morgan fingerprint density at radius 2 is 1.39 bits per heavy atom. The summed E-state index contributed by atoms with van der Waals surface area (Å²) in [5.41, 5.74) is 2.52. The normalized spacial score (nSPS) is 16.9. The number of hydrogen-bond acceptors (Lipinski definition) is 7. The van der Waals surface area contributed by atoms with Gasteiger partial charge in [-0.2, -0.15) is 0 Å². The molecule has 0 aromatic heterocycles. The second kappa shape index (κ2) is 7.36. The van der Waals surface area contributed by atoms with Gasteiger partial charge in [0.1, 0.15) is 23.4 Å². The van der Waals surface area contributed by atoms with Gasteiger partial charge >= 0.3 is 0 Å². The lowest BCUT2D eigenvalue weighted by molar-refractivity contribution is 0.135. The van der Waals surface area contributed by atoms with Gasteiger partial charge in [-0.1, -0.05) is 17.7 Å². The molecule has 0 bridgehead atoms. The van der Waals surface area contributed by atoms with E-state index in [-0.39, 0.29) is 48.0 Å². The SMILES string of the molecule is Cc1cc(CC2=C(O)CC(O)C(O)=C2)c(O)c(Cc2cc(O)c(O)cc2O)c1. The molecule has 7 N–H and O–H groups in total. The van der Waals surface area contributed by atoms with Crippen LogP contribution < -0.4 is 0 Å². The fourth-order valence-corrected chi connectivity index (χ4v) is 3.29. The molecule has 2 aromatic rings. The second-order valence-corrected chi connectivity index (χ2v) is 7.02. The van der Waals surface area contributed by atoms with Crippen molar-refractivity contribution in [2.45, 2.75) is 32.3 Å². The third-order valence-electron chi connectivity index (χ3n) is 4.77. The van der Waals surface area contributed by atoms with Crippen LogP contribution in [0.25, 0.3) is 0 Å².